The second kappa shape index (κ2) is 4.80. The third-order valence-corrected chi connectivity index (χ3v) is 2.92. The van der Waals surface area contributed by atoms with E-state index in [9.17, 15) is 4.79 Å². The number of carbonyl (C=O) groups is 1. The van der Waals surface area contributed by atoms with Crippen molar-refractivity contribution in [1.82, 2.24) is 15.0 Å². The minimum absolute atomic E-state index is 0.126. The summed E-state index contributed by atoms with van der Waals surface area (Å²) < 4.78 is 0. The van der Waals surface area contributed by atoms with Crippen LogP contribution in [0.3, 0.4) is 0 Å². The van der Waals surface area contributed by atoms with Gasteiger partial charge < -0.3 is 0 Å². The normalized spacial score (nSPS) is 10.1. The van der Waals surface area contributed by atoms with Gasteiger partial charge in [-0.2, -0.15) is 0 Å². The van der Waals surface area contributed by atoms with Crippen LogP contribution in [-0.2, 0) is 11.2 Å². The highest BCUT2D eigenvalue weighted by Crippen LogP contribution is 2.13. The van der Waals surface area contributed by atoms with Gasteiger partial charge in [-0.05, 0) is 13.0 Å². The summed E-state index contributed by atoms with van der Waals surface area (Å²) in [5.41, 5.74) is 2.63. The second-order valence-corrected chi connectivity index (χ2v) is 4.10. The lowest BCUT2D eigenvalue weighted by atomic mass is 10.3. The number of aryl methyl sites for hydroxylation is 1. The molecule has 0 saturated carbocycles. The zero-order valence-electron chi connectivity index (χ0n) is 8.67. The standard InChI is InChI=1S/C10H10N4OS/c1-7-8(16-6-13-7)5-9(15)14-10-11-3-2-4-12-10/h2-4,6H,5H2,1H3,(H,11,12,14,15). The molecule has 1 N–H and O–H groups in total. The van der Waals surface area contributed by atoms with Crippen LogP contribution in [-0.4, -0.2) is 20.9 Å². The van der Waals surface area contributed by atoms with E-state index in [1.165, 1.54) is 11.3 Å². The van der Waals surface area contributed by atoms with Crippen molar-refractivity contribution in [2.45, 2.75) is 13.3 Å². The first-order chi connectivity index (χ1) is 7.75. The third-order valence-electron chi connectivity index (χ3n) is 1.98. The predicted octanol–water partition coefficient (Wildman–Crippen LogP) is 1.42. The topological polar surface area (TPSA) is 67.8 Å². The summed E-state index contributed by atoms with van der Waals surface area (Å²) >= 11 is 1.48. The SMILES string of the molecule is Cc1ncsc1CC(=O)Nc1ncccn1. The molecule has 2 aromatic heterocycles. The van der Waals surface area contributed by atoms with Crippen molar-refractivity contribution in [3.63, 3.8) is 0 Å². The van der Waals surface area contributed by atoms with Gasteiger partial charge in [0.2, 0.25) is 11.9 Å². The molecule has 1 amide bonds. The molecule has 6 heteroatoms. The van der Waals surface area contributed by atoms with E-state index >= 15 is 0 Å². The zero-order valence-corrected chi connectivity index (χ0v) is 9.49. The van der Waals surface area contributed by atoms with Crippen molar-refractivity contribution in [1.29, 1.82) is 0 Å². The maximum absolute atomic E-state index is 11.6. The molecule has 0 unspecified atom stereocenters. The van der Waals surface area contributed by atoms with Gasteiger partial charge >= 0.3 is 0 Å². The number of rotatable bonds is 3. The maximum Gasteiger partial charge on any atom is 0.232 e. The number of hydrogen-bond acceptors (Lipinski definition) is 5. The van der Waals surface area contributed by atoms with Crippen LogP contribution in [0.1, 0.15) is 10.6 Å². The molecule has 0 radical (unpaired) electrons. The van der Waals surface area contributed by atoms with Crippen LogP contribution < -0.4 is 5.32 Å². The number of carbonyl (C=O) groups excluding carboxylic acids is 1. The first-order valence-corrected chi connectivity index (χ1v) is 5.59. The molecule has 2 aromatic rings. The molecule has 16 heavy (non-hydrogen) atoms. The minimum Gasteiger partial charge on any atom is -0.294 e. The predicted molar refractivity (Wildman–Crippen MR) is 61.2 cm³/mol. The van der Waals surface area contributed by atoms with E-state index in [1.807, 2.05) is 6.92 Å². The summed E-state index contributed by atoms with van der Waals surface area (Å²) in [4.78, 5) is 24.5. The van der Waals surface area contributed by atoms with Gasteiger partial charge in [0.25, 0.3) is 0 Å². The molecule has 2 rings (SSSR count). The molecular weight excluding hydrogens is 224 g/mol. The van der Waals surface area contributed by atoms with Gasteiger partial charge in [0, 0.05) is 17.3 Å². The fourth-order valence-corrected chi connectivity index (χ4v) is 1.95. The number of nitrogens with zero attached hydrogens (tertiary/aromatic N) is 3. The first-order valence-electron chi connectivity index (χ1n) is 4.71. The summed E-state index contributed by atoms with van der Waals surface area (Å²) in [6.07, 6.45) is 3.48. The smallest absolute Gasteiger partial charge is 0.232 e. The zero-order chi connectivity index (χ0) is 11.4. The van der Waals surface area contributed by atoms with E-state index in [0.29, 0.717) is 12.4 Å². The quantitative estimate of drug-likeness (QED) is 0.872. The summed E-state index contributed by atoms with van der Waals surface area (Å²) in [5.74, 6) is 0.202. The van der Waals surface area contributed by atoms with Crippen molar-refractivity contribution >= 4 is 23.2 Å². The Kier molecular flexibility index (Phi) is 3.21. The Morgan fingerprint density at radius 2 is 2.12 bits per heavy atom. The summed E-state index contributed by atoms with van der Waals surface area (Å²) in [7, 11) is 0. The summed E-state index contributed by atoms with van der Waals surface area (Å²) in [6, 6.07) is 1.70. The fourth-order valence-electron chi connectivity index (χ4n) is 1.17. The van der Waals surface area contributed by atoms with Gasteiger partial charge in [-0.3, -0.25) is 10.1 Å². The van der Waals surface area contributed by atoms with Crippen LogP contribution in [0, 0.1) is 6.92 Å². The van der Waals surface area contributed by atoms with Crippen molar-refractivity contribution < 1.29 is 4.79 Å². The number of hydrogen-bond donors (Lipinski definition) is 1. The molecule has 0 spiro atoms. The van der Waals surface area contributed by atoms with Gasteiger partial charge in [-0.1, -0.05) is 0 Å². The average Bonchev–Trinajstić information content (AvgIpc) is 2.66. The van der Waals surface area contributed by atoms with E-state index in [0.717, 1.165) is 10.6 Å². The molecule has 0 bridgehead atoms. The molecule has 0 saturated heterocycles. The molecule has 0 aliphatic carbocycles. The van der Waals surface area contributed by atoms with Gasteiger partial charge in [0.15, 0.2) is 0 Å². The average molecular weight is 234 g/mol. The van der Waals surface area contributed by atoms with Crippen molar-refractivity contribution in [2.75, 3.05) is 5.32 Å². The Morgan fingerprint density at radius 1 is 1.38 bits per heavy atom. The molecule has 82 valence electrons. The van der Waals surface area contributed by atoms with Crippen molar-refractivity contribution in [3.8, 4) is 0 Å². The van der Waals surface area contributed by atoms with E-state index < -0.39 is 0 Å². The Balaban J connectivity index is 1.98. The maximum atomic E-state index is 11.6. The molecule has 0 aliphatic rings. The van der Waals surface area contributed by atoms with Crippen LogP contribution in [0.15, 0.2) is 24.0 Å². The van der Waals surface area contributed by atoms with Crippen LogP contribution in [0.2, 0.25) is 0 Å². The molecule has 0 aromatic carbocycles. The highest BCUT2D eigenvalue weighted by atomic mass is 32.1. The summed E-state index contributed by atoms with van der Waals surface area (Å²) in [5, 5.41) is 2.63. The Bertz CT molecular complexity index is 483. The van der Waals surface area contributed by atoms with E-state index in [4.69, 9.17) is 0 Å². The number of nitrogens with one attached hydrogen (secondary N) is 1. The van der Waals surface area contributed by atoms with Crippen LogP contribution in [0.4, 0.5) is 5.95 Å². The molecular formula is C10H10N4OS. The van der Waals surface area contributed by atoms with Crippen molar-refractivity contribution in [3.05, 3.63) is 34.5 Å². The second-order valence-electron chi connectivity index (χ2n) is 3.16. The lowest BCUT2D eigenvalue weighted by Crippen LogP contribution is -2.16. The lowest BCUT2D eigenvalue weighted by Gasteiger charge is -2.01. The third kappa shape index (κ3) is 2.60. The monoisotopic (exact) mass is 234 g/mol. The largest absolute Gasteiger partial charge is 0.294 e. The molecule has 5 nitrogen and oxygen atoms in total. The van der Waals surface area contributed by atoms with Gasteiger partial charge in [0.05, 0.1) is 17.6 Å². The van der Waals surface area contributed by atoms with Crippen LogP contribution >= 0.6 is 11.3 Å². The number of aromatic nitrogens is 3. The van der Waals surface area contributed by atoms with Crippen molar-refractivity contribution in [2.24, 2.45) is 0 Å². The Morgan fingerprint density at radius 3 is 2.75 bits per heavy atom. The highest BCUT2D eigenvalue weighted by Gasteiger charge is 2.09. The van der Waals surface area contributed by atoms with E-state index in [-0.39, 0.29) is 5.91 Å². The van der Waals surface area contributed by atoms with E-state index in [1.54, 1.807) is 24.0 Å². The minimum atomic E-state index is -0.126. The molecule has 0 atom stereocenters. The van der Waals surface area contributed by atoms with Crippen LogP contribution in [0.25, 0.3) is 0 Å². The molecule has 0 fully saturated rings. The molecule has 0 aliphatic heterocycles. The lowest BCUT2D eigenvalue weighted by molar-refractivity contribution is -0.115. The number of anilines is 1. The number of thiazole rings is 1. The Labute approximate surface area is 96.6 Å². The van der Waals surface area contributed by atoms with Gasteiger partial charge in [-0.25, -0.2) is 15.0 Å². The van der Waals surface area contributed by atoms with Gasteiger partial charge in [-0.15, -0.1) is 11.3 Å². The van der Waals surface area contributed by atoms with Crippen LogP contribution in [0.5, 0.6) is 0 Å². The van der Waals surface area contributed by atoms with E-state index in [2.05, 4.69) is 20.3 Å². The van der Waals surface area contributed by atoms with Gasteiger partial charge in [0.1, 0.15) is 0 Å². The first kappa shape index (κ1) is 10.7. The highest BCUT2D eigenvalue weighted by molar-refractivity contribution is 7.09. The summed E-state index contributed by atoms with van der Waals surface area (Å²) in [6.45, 7) is 1.89. The number of amides is 1. The Hall–Kier alpha value is -1.82. The molecule has 2 heterocycles. The fraction of sp³-hybridized carbons (Fsp3) is 0.200.